The van der Waals surface area contributed by atoms with Crippen LogP contribution in [0, 0.1) is 6.92 Å². The number of rotatable bonds is 8. The monoisotopic (exact) mass is 255 g/mol. The molecule has 1 rings (SSSR count). The number of nitrogens with one attached hydrogen (secondary N) is 2. The topological polar surface area (TPSA) is 75.9 Å². The van der Waals surface area contributed by atoms with E-state index < -0.39 is 0 Å². The van der Waals surface area contributed by atoms with Gasteiger partial charge in [-0.25, -0.2) is 15.8 Å². The highest BCUT2D eigenvalue weighted by Gasteiger charge is 1.99. The van der Waals surface area contributed by atoms with Crippen LogP contribution in [0.15, 0.2) is 6.07 Å². The number of nitrogens with zero attached hydrogens (tertiary/aromatic N) is 2. The van der Waals surface area contributed by atoms with Crippen LogP contribution in [-0.4, -0.2) is 28.5 Å². The summed E-state index contributed by atoms with van der Waals surface area (Å²) < 4.78 is 0. The van der Waals surface area contributed by atoms with E-state index in [1.54, 1.807) is 0 Å². The van der Waals surface area contributed by atoms with Gasteiger partial charge in [-0.1, -0.05) is 6.42 Å². The van der Waals surface area contributed by atoms with E-state index in [4.69, 9.17) is 5.84 Å². The SMILES string of the molecule is CSCCCCCNc1cc(NN)nc(C)n1. The van der Waals surface area contributed by atoms with E-state index in [1.165, 1.54) is 18.6 Å². The van der Waals surface area contributed by atoms with Crippen LogP contribution in [0.1, 0.15) is 25.1 Å². The molecule has 0 aromatic carbocycles. The van der Waals surface area contributed by atoms with Crippen molar-refractivity contribution in [2.24, 2.45) is 5.84 Å². The predicted molar refractivity (Wildman–Crippen MR) is 75.3 cm³/mol. The Hall–Kier alpha value is -1.01. The molecule has 5 nitrogen and oxygen atoms in total. The minimum Gasteiger partial charge on any atom is -0.370 e. The smallest absolute Gasteiger partial charge is 0.145 e. The van der Waals surface area contributed by atoms with E-state index in [-0.39, 0.29) is 0 Å². The molecule has 1 heterocycles. The predicted octanol–water partition coefficient (Wildman–Crippen LogP) is 2.02. The van der Waals surface area contributed by atoms with Crippen molar-refractivity contribution < 1.29 is 0 Å². The van der Waals surface area contributed by atoms with Crippen LogP contribution in [0.2, 0.25) is 0 Å². The molecule has 96 valence electrons. The molecule has 17 heavy (non-hydrogen) atoms. The molecular formula is C11H21N5S. The highest BCUT2D eigenvalue weighted by molar-refractivity contribution is 7.98. The molecule has 0 aliphatic carbocycles. The van der Waals surface area contributed by atoms with Crippen LogP contribution in [0.5, 0.6) is 0 Å². The summed E-state index contributed by atoms with van der Waals surface area (Å²) in [5.41, 5.74) is 2.53. The van der Waals surface area contributed by atoms with Crippen molar-refractivity contribution in [3.8, 4) is 0 Å². The van der Waals surface area contributed by atoms with Crippen LogP contribution in [0.3, 0.4) is 0 Å². The minimum absolute atomic E-state index is 0.641. The standard InChI is InChI=1S/C11H21N5S/c1-9-14-10(8-11(15-9)16-12)13-6-4-3-5-7-17-2/h8H,3-7,12H2,1-2H3,(H2,13,14,15,16). The van der Waals surface area contributed by atoms with Crippen molar-refractivity contribution in [3.63, 3.8) is 0 Å². The summed E-state index contributed by atoms with van der Waals surface area (Å²) in [6, 6.07) is 1.81. The van der Waals surface area contributed by atoms with Gasteiger partial charge in [0.1, 0.15) is 17.5 Å². The fourth-order valence-corrected chi connectivity index (χ4v) is 1.99. The highest BCUT2D eigenvalue weighted by Crippen LogP contribution is 2.10. The molecule has 0 amide bonds. The molecule has 6 heteroatoms. The summed E-state index contributed by atoms with van der Waals surface area (Å²) in [7, 11) is 0. The first-order chi connectivity index (χ1) is 8.26. The van der Waals surface area contributed by atoms with Crippen molar-refractivity contribution in [3.05, 3.63) is 11.9 Å². The first-order valence-corrected chi connectivity index (χ1v) is 7.20. The van der Waals surface area contributed by atoms with Crippen LogP contribution in [-0.2, 0) is 0 Å². The summed E-state index contributed by atoms with van der Waals surface area (Å²) in [4.78, 5) is 8.42. The van der Waals surface area contributed by atoms with Crippen LogP contribution < -0.4 is 16.6 Å². The number of hydrazine groups is 1. The zero-order valence-electron chi connectivity index (χ0n) is 10.5. The second kappa shape index (κ2) is 8.14. The molecule has 0 saturated carbocycles. The van der Waals surface area contributed by atoms with Crippen molar-refractivity contribution >= 4 is 23.4 Å². The summed E-state index contributed by atoms with van der Waals surface area (Å²) in [6.45, 7) is 2.79. The number of nitrogen functional groups attached to an aromatic ring is 1. The summed E-state index contributed by atoms with van der Waals surface area (Å²) in [5, 5.41) is 3.28. The lowest BCUT2D eigenvalue weighted by Gasteiger charge is -2.08. The van der Waals surface area contributed by atoms with Gasteiger partial charge in [-0.2, -0.15) is 11.8 Å². The maximum Gasteiger partial charge on any atom is 0.145 e. The molecule has 0 saturated heterocycles. The van der Waals surface area contributed by atoms with Gasteiger partial charge in [0.2, 0.25) is 0 Å². The van der Waals surface area contributed by atoms with Crippen LogP contribution >= 0.6 is 11.8 Å². The lowest BCUT2D eigenvalue weighted by Crippen LogP contribution is -2.11. The molecule has 0 aliphatic heterocycles. The second-order valence-corrected chi connectivity index (χ2v) is 4.80. The van der Waals surface area contributed by atoms with Gasteiger partial charge in [0.25, 0.3) is 0 Å². The van der Waals surface area contributed by atoms with Crippen molar-refractivity contribution in [1.82, 2.24) is 9.97 Å². The number of thioether (sulfide) groups is 1. The molecule has 1 aromatic rings. The van der Waals surface area contributed by atoms with E-state index >= 15 is 0 Å². The number of aromatic nitrogens is 2. The highest BCUT2D eigenvalue weighted by atomic mass is 32.2. The summed E-state index contributed by atoms with van der Waals surface area (Å²) >= 11 is 1.90. The fourth-order valence-electron chi connectivity index (χ4n) is 1.50. The van der Waals surface area contributed by atoms with E-state index in [1.807, 2.05) is 24.8 Å². The zero-order valence-corrected chi connectivity index (χ0v) is 11.3. The normalized spacial score (nSPS) is 10.3. The first-order valence-electron chi connectivity index (χ1n) is 5.81. The Kier molecular flexibility index (Phi) is 6.73. The third kappa shape index (κ3) is 5.74. The second-order valence-electron chi connectivity index (χ2n) is 3.81. The van der Waals surface area contributed by atoms with Crippen molar-refractivity contribution in [2.45, 2.75) is 26.2 Å². The number of nitrogens with two attached hydrogens (primary N) is 1. The number of anilines is 2. The molecule has 0 aliphatic rings. The Morgan fingerprint density at radius 1 is 1.24 bits per heavy atom. The van der Waals surface area contributed by atoms with Crippen LogP contribution in [0.25, 0.3) is 0 Å². The minimum atomic E-state index is 0.641. The summed E-state index contributed by atoms with van der Waals surface area (Å²) in [6.07, 6.45) is 5.83. The number of hydrogen-bond acceptors (Lipinski definition) is 6. The van der Waals surface area contributed by atoms with Gasteiger partial charge in [-0.15, -0.1) is 0 Å². The van der Waals surface area contributed by atoms with Crippen molar-refractivity contribution in [1.29, 1.82) is 0 Å². The quantitative estimate of drug-likeness (QED) is 0.375. The number of hydrogen-bond donors (Lipinski definition) is 3. The lowest BCUT2D eigenvalue weighted by atomic mass is 10.2. The van der Waals surface area contributed by atoms with Gasteiger partial charge in [-0.05, 0) is 31.8 Å². The van der Waals surface area contributed by atoms with Gasteiger partial charge < -0.3 is 10.7 Å². The Balaban J connectivity index is 2.28. The lowest BCUT2D eigenvalue weighted by molar-refractivity contribution is 0.747. The number of aryl methyl sites for hydroxylation is 1. The summed E-state index contributed by atoms with van der Waals surface area (Å²) in [5.74, 6) is 8.75. The average Bonchev–Trinajstić information content (AvgIpc) is 2.33. The van der Waals surface area contributed by atoms with Crippen molar-refractivity contribution in [2.75, 3.05) is 29.3 Å². The molecule has 0 bridgehead atoms. The maximum atomic E-state index is 5.33. The molecule has 0 atom stereocenters. The zero-order chi connectivity index (χ0) is 12.5. The fraction of sp³-hybridized carbons (Fsp3) is 0.636. The molecule has 4 N–H and O–H groups in total. The van der Waals surface area contributed by atoms with Gasteiger partial charge in [0.05, 0.1) is 0 Å². The average molecular weight is 255 g/mol. The Morgan fingerprint density at radius 3 is 2.71 bits per heavy atom. The van der Waals surface area contributed by atoms with E-state index in [0.717, 1.165) is 18.8 Å². The van der Waals surface area contributed by atoms with E-state index in [2.05, 4.69) is 27.0 Å². The van der Waals surface area contributed by atoms with Crippen LogP contribution in [0.4, 0.5) is 11.6 Å². The number of unbranched alkanes of at least 4 members (excludes halogenated alkanes) is 2. The third-order valence-electron chi connectivity index (χ3n) is 2.32. The third-order valence-corrected chi connectivity index (χ3v) is 3.01. The van der Waals surface area contributed by atoms with E-state index in [0.29, 0.717) is 11.6 Å². The molecular weight excluding hydrogens is 234 g/mol. The maximum absolute atomic E-state index is 5.33. The Morgan fingerprint density at radius 2 is 2.00 bits per heavy atom. The Bertz CT molecular complexity index is 332. The van der Waals surface area contributed by atoms with Gasteiger partial charge in [-0.3, -0.25) is 0 Å². The van der Waals surface area contributed by atoms with Gasteiger partial charge in [0.15, 0.2) is 0 Å². The largest absolute Gasteiger partial charge is 0.370 e. The molecule has 1 aromatic heterocycles. The molecule has 0 radical (unpaired) electrons. The molecule has 0 unspecified atom stereocenters. The molecule has 0 fully saturated rings. The van der Waals surface area contributed by atoms with Gasteiger partial charge >= 0.3 is 0 Å². The van der Waals surface area contributed by atoms with E-state index in [9.17, 15) is 0 Å². The van der Waals surface area contributed by atoms with Gasteiger partial charge in [0, 0.05) is 12.6 Å². The first kappa shape index (κ1) is 14.1. The Labute approximate surface area is 107 Å². The molecule has 0 spiro atoms.